The maximum absolute atomic E-state index is 10.8. The zero-order valence-corrected chi connectivity index (χ0v) is 7.76. The van der Waals surface area contributed by atoms with Gasteiger partial charge in [0, 0.05) is 11.6 Å². The van der Waals surface area contributed by atoms with Gasteiger partial charge in [0.15, 0.2) is 6.04 Å². The zero-order chi connectivity index (χ0) is 10.1. The number of piperidine rings is 1. The second-order valence-corrected chi connectivity index (χ2v) is 3.73. The van der Waals surface area contributed by atoms with Crippen molar-refractivity contribution in [2.45, 2.75) is 25.3 Å². The van der Waals surface area contributed by atoms with E-state index in [0.29, 0.717) is 12.3 Å². The summed E-state index contributed by atoms with van der Waals surface area (Å²) in [4.78, 5) is 10.8. The van der Waals surface area contributed by atoms with Gasteiger partial charge in [-0.25, -0.2) is 9.86 Å². The van der Waals surface area contributed by atoms with Crippen LogP contribution in [0.3, 0.4) is 0 Å². The summed E-state index contributed by atoms with van der Waals surface area (Å²) in [6, 6.07) is -0.774. The molecule has 2 rings (SSSR count). The highest BCUT2D eigenvalue weighted by Crippen LogP contribution is 2.34. The van der Waals surface area contributed by atoms with Crippen LogP contribution in [0.5, 0.6) is 0 Å². The summed E-state index contributed by atoms with van der Waals surface area (Å²) in [5, 5.41) is 19.5. The number of carboxylic acids is 1. The molecule has 0 aromatic rings. The van der Waals surface area contributed by atoms with Crippen LogP contribution in [0.1, 0.15) is 19.3 Å². The minimum atomic E-state index is -0.957. The maximum atomic E-state index is 10.8. The Kier molecular flexibility index (Phi) is 2.29. The molecule has 2 unspecified atom stereocenters. The predicted octanol–water partition coefficient (Wildman–Crippen LogP) is 1.38. The van der Waals surface area contributed by atoms with Crippen molar-refractivity contribution in [2.24, 2.45) is 5.92 Å². The highest BCUT2D eigenvalue weighted by Gasteiger charge is 2.35. The lowest BCUT2D eigenvalue weighted by Crippen LogP contribution is -2.44. The molecular formula is C10H13NO3. The molecule has 2 aliphatic rings. The summed E-state index contributed by atoms with van der Waals surface area (Å²) in [6.45, 7) is 0. The third-order valence-corrected chi connectivity index (χ3v) is 2.88. The molecule has 76 valence electrons. The number of nitrogens with zero attached hydrogens (tertiary/aromatic N) is 1. The number of rotatable bonds is 1. The van der Waals surface area contributed by atoms with Crippen LogP contribution in [0.4, 0.5) is 0 Å². The lowest BCUT2D eigenvalue weighted by atomic mass is 9.86. The number of carboxylic acid groups (broad SMARTS) is 1. The summed E-state index contributed by atoms with van der Waals surface area (Å²) in [5.41, 5.74) is 0.742. The molecule has 1 fully saturated rings. The lowest BCUT2D eigenvalue weighted by Gasteiger charge is -2.37. The van der Waals surface area contributed by atoms with Crippen LogP contribution in [-0.4, -0.2) is 27.4 Å². The highest BCUT2D eigenvalue weighted by atomic mass is 16.5. The molecule has 2 N–H and O–H groups in total. The third-order valence-electron chi connectivity index (χ3n) is 2.88. The maximum Gasteiger partial charge on any atom is 0.328 e. The standard InChI is InChI=1S/C10H13NO3/c12-10(13)9-6-5-7-3-1-2-4-8(7)11(9)14/h1-2,4,7,9,14H,3,5-6H2,(H,12,13). The van der Waals surface area contributed by atoms with E-state index in [1.54, 1.807) is 6.08 Å². The zero-order valence-electron chi connectivity index (χ0n) is 7.76. The van der Waals surface area contributed by atoms with E-state index in [9.17, 15) is 10.0 Å². The van der Waals surface area contributed by atoms with Crippen molar-refractivity contribution in [3.63, 3.8) is 0 Å². The van der Waals surface area contributed by atoms with Gasteiger partial charge in [0.1, 0.15) is 0 Å². The van der Waals surface area contributed by atoms with Crippen molar-refractivity contribution in [2.75, 3.05) is 0 Å². The van der Waals surface area contributed by atoms with Gasteiger partial charge < -0.3 is 5.11 Å². The number of carbonyl (C=O) groups is 1. The second-order valence-electron chi connectivity index (χ2n) is 3.73. The quantitative estimate of drug-likeness (QED) is 0.663. The molecule has 0 bridgehead atoms. The summed E-state index contributed by atoms with van der Waals surface area (Å²) < 4.78 is 0. The molecule has 0 aromatic heterocycles. The van der Waals surface area contributed by atoms with E-state index in [4.69, 9.17) is 5.11 Å². The van der Waals surface area contributed by atoms with Gasteiger partial charge >= 0.3 is 5.97 Å². The number of fused-ring (bicyclic) bond motifs is 1. The largest absolute Gasteiger partial charge is 0.480 e. The van der Waals surface area contributed by atoms with Crippen LogP contribution in [0.25, 0.3) is 0 Å². The Bertz CT molecular complexity index is 308. The third kappa shape index (κ3) is 1.42. The Labute approximate surface area is 82.1 Å². The number of aliphatic carboxylic acids is 1. The van der Waals surface area contributed by atoms with Gasteiger partial charge in [-0.05, 0) is 25.3 Å². The first-order valence-corrected chi connectivity index (χ1v) is 4.78. The molecular weight excluding hydrogens is 182 g/mol. The van der Waals surface area contributed by atoms with Gasteiger partial charge in [0.25, 0.3) is 0 Å². The molecule has 4 nitrogen and oxygen atoms in total. The van der Waals surface area contributed by atoms with Gasteiger partial charge in [-0.15, -0.1) is 0 Å². The molecule has 14 heavy (non-hydrogen) atoms. The van der Waals surface area contributed by atoms with E-state index in [2.05, 4.69) is 0 Å². The molecule has 0 spiro atoms. The number of hydrogen-bond acceptors (Lipinski definition) is 3. The fourth-order valence-corrected chi connectivity index (χ4v) is 2.08. The van der Waals surface area contributed by atoms with Crippen LogP contribution in [0, 0.1) is 5.92 Å². The summed E-state index contributed by atoms with van der Waals surface area (Å²) in [5.74, 6) is -0.665. The Morgan fingerprint density at radius 2 is 2.29 bits per heavy atom. The SMILES string of the molecule is O=C(O)C1CCC2CC=CC=C2N1O. The van der Waals surface area contributed by atoms with Gasteiger partial charge in [0.2, 0.25) is 0 Å². The molecule has 1 aliphatic carbocycles. The molecule has 4 heteroatoms. The van der Waals surface area contributed by atoms with E-state index in [0.717, 1.165) is 23.6 Å². The number of hydrogen-bond donors (Lipinski definition) is 2. The number of hydroxylamine groups is 2. The highest BCUT2D eigenvalue weighted by molar-refractivity contribution is 5.73. The molecule has 0 aromatic carbocycles. The van der Waals surface area contributed by atoms with Gasteiger partial charge in [0.05, 0.1) is 0 Å². The molecule has 0 saturated carbocycles. The Morgan fingerprint density at radius 3 is 3.00 bits per heavy atom. The van der Waals surface area contributed by atoms with E-state index in [1.165, 1.54) is 0 Å². The average molecular weight is 195 g/mol. The van der Waals surface area contributed by atoms with Crippen molar-refractivity contribution < 1.29 is 15.1 Å². The Morgan fingerprint density at radius 1 is 1.50 bits per heavy atom. The normalized spacial score (nSPS) is 30.9. The van der Waals surface area contributed by atoms with Gasteiger partial charge in [-0.1, -0.05) is 12.2 Å². The molecule has 0 amide bonds. The van der Waals surface area contributed by atoms with E-state index in [-0.39, 0.29) is 0 Å². The van der Waals surface area contributed by atoms with Crippen molar-refractivity contribution >= 4 is 5.97 Å². The number of allylic oxidation sites excluding steroid dienone is 4. The predicted molar refractivity (Wildman–Crippen MR) is 49.6 cm³/mol. The first-order chi connectivity index (χ1) is 6.70. The van der Waals surface area contributed by atoms with Crippen molar-refractivity contribution in [3.8, 4) is 0 Å². The fraction of sp³-hybridized carbons (Fsp3) is 0.500. The lowest BCUT2D eigenvalue weighted by molar-refractivity contribution is -0.167. The smallest absolute Gasteiger partial charge is 0.328 e. The van der Waals surface area contributed by atoms with Crippen LogP contribution in [0.15, 0.2) is 23.9 Å². The summed E-state index contributed by atoms with van der Waals surface area (Å²) in [7, 11) is 0. The molecule has 1 aliphatic heterocycles. The minimum absolute atomic E-state index is 0.292. The molecule has 1 heterocycles. The Hall–Kier alpha value is -1.29. The van der Waals surface area contributed by atoms with E-state index < -0.39 is 12.0 Å². The van der Waals surface area contributed by atoms with Crippen molar-refractivity contribution in [1.29, 1.82) is 0 Å². The van der Waals surface area contributed by atoms with Crippen molar-refractivity contribution in [3.05, 3.63) is 23.9 Å². The topological polar surface area (TPSA) is 60.8 Å². The van der Waals surface area contributed by atoms with E-state index >= 15 is 0 Å². The molecule has 1 saturated heterocycles. The average Bonchev–Trinajstić information content (AvgIpc) is 2.18. The Balaban J connectivity index is 2.21. The van der Waals surface area contributed by atoms with Crippen LogP contribution in [0.2, 0.25) is 0 Å². The molecule has 0 radical (unpaired) electrons. The van der Waals surface area contributed by atoms with Crippen LogP contribution < -0.4 is 0 Å². The first kappa shape index (κ1) is 9.27. The summed E-state index contributed by atoms with van der Waals surface area (Å²) >= 11 is 0. The van der Waals surface area contributed by atoms with Crippen LogP contribution in [-0.2, 0) is 4.79 Å². The van der Waals surface area contributed by atoms with Gasteiger partial charge in [-0.2, -0.15) is 0 Å². The van der Waals surface area contributed by atoms with Crippen LogP contribution >= 0.6 is 0 Å². The van der Waals surface area contributed by atoms with E-state index in [1.807, 2.05) is 12.2 Å². The van der Waals surface area contributed by atoms with Gasteiger partial charge in [-0.3, -0.25) is 5.21 Å². The summed E-state index contributed by atoms with van der Waals surface area (Å²) in [6.07, 6.45) is 7.95. The fourth-order valence-electron chi connectivity index (χ4n) is 2.08. The minimum Gasteiger partial charge on any atom is -0.480 e. The molecule has 2 atom stereocenters. The monoisotopic (exact) mass is 195 g/mol. The first-order valence-electron chi connectivity index (χ1n) is 4.78. The second kappa shape index (κ2) is 3.46. The van der Waals surface area contributed by atoms with Crippen molar-refractivity contribution in [1.82, 2.24) is 5.06 Å².